The fourth-order valence-corrected chi connectivity index (χ4v) is 22.5. The first-order chi connectivity index (χ1) is 17.2. The van der Waals surface area contributed by atoms with E-state index in [-0.39, 0.29) is 12.2 Å². The lowest BCUT2D eigenvalue weighted by molar-refractivity contribution is 0.0764. The zero-order chi connectivity index (χ0) is 28.5. The quantitative estimate of drug-likeness (QED) is 0.110. The van der Waals surface area contributed by atoms with Crippen LogP contribution in [0.4, 0.5) is 0 Å². The molecule has 0 saturated carbocycles. The third-order valence-corrected chi connectivity index (χ3v) is 21.5. The van der Waals surface area contributed by atoms with Gasteiger partial charge in [0.1, 0.15) is 0 Å². The topological polar surface area (TPSA) is 73.8 Å². The first-order valence-electron chi connectivity index (χ1n) is 14.4. The second kappa shape index (κ2) is 20.8. The molecule has 0 amide bonds. The fraction of sp³-hybridized carbons (Fsp3) is 1.00. The van der Waals surface area contributed by atoms with Crippen molar-refractivity contribution in [2.75, 3.05) is 26.4 Å². The monoisotopic (exact) mass is 632 g/mol. The molecule has 0 N–H and O–H groups in total. The molecule has 0 aliphatic heterocycles. The molecule has 37 heavy (non-hydrogen) atoms. The van der Waals surface area contributed by atoms with E-state index in [1.165, 1.54) is 0 Å². The Morgan fingerprint density at radius 1 is 0.459 bits per heavy atom. The third-order valence-electron chi connectivity index (χ3n) is 4.61. The van der Waals surface area contributed by atoms with Crippen molar-refractivity contribution in [2.45, 2.75) is 124 Å². The lowest BCUT2D eigenvalue weighted by Crippen LogP contribution is -2.52. The van der Waals surface area contributed by atoms with Gasteiger partial charge in [-0.25, -0.2) is 0 Å². The minimum atomic E-state index is -2.63. The molecule has 0 aromatic rings. The molecule has 8 nitrogen and oxygen atoms in total. The fourth-order valence-electron chi connectivity index (χ4n) is 3.92. The summed E-state index contributed by atoms with van der Waals surface area (Å²) in [4.78, 5) is 0. The Morgan fingerprint density at radius 3 is 0.973 bits per heavy atom. The molecule has 0 aromatic carbocycles. The zero-order valence-corrected chi connectivity index (χ0v) is 32.7. The van der Waals surface area contributed by atoms with Crippen molar-refractivity contribution in [3.63, 3.8) is 0 Å². The van der Waals surface area contributed by atoms with E-state index in [1.54, 1.807) is 0 Å². The Bertz CT molecular complexity index is 456. The SMILES string of the molecule is CC(C)O[Si](CCCOCCCOCCC[Si](OC(C)C)(O[SiH](C)C)O[SiH](C)C)(O[SiH](C)C)O[SiH](C)C. The smallest absolute Gasteiger partial charge is 0.419 e. The highest BCUT2D eigenvalue weighted by Crippen LogP contribution is 2.23. The van der Waals surface area contributed by atoms with E-state index in [1.807, 2.05) is 0 Å². The van der Waals surface area contributed by atoms with E-state index < -0.39 is 53.8 Å². The number of rotatable bonds is 24. The van der Waals surface area contributed by atoms with E-state index in [9.17, 15) is 0 Å². The van der Waals surface area contributed by atoms with Gasteiger partial charge in [0.15, 0.2) is 36.2 Å². The molecule has 224 valence electrons. The highest BCUT2D eigenvalue weighted by atomic mass is 28.5. The molecule has 0 atom stereocenters. The lowest BCUT2D eigenvalue weighted by atomic mass is 10.4. The second-order valence-electron chi connectivity index (χ2n) is 11.2. The lowest BCUT2D eigenvalue weighted by Gasteiger charge is -2.35. The van der Waals surface area contributed by atoms with E-state index in [0.717, 1.165) is 31.4 Å². The Kier molecular flexibility index (Phi) is 21.3. The van der Waals surface area contributed by atoms with Gasteiger partial charge in [-0.3, -0.25) is 0 Å². The number of ether oxygens (including phenoxy) is 2. The van der Waals surface area contributed by atoms with Crippen LogP contribution in [0, 0.1) is 0 Å². The van der Waals surface area contributed by atoms with Crippen molar-refractivity contribution in [3.05, 3.63) is 0 Å². The van der Waals surface area contributed by atoms with Crippen molar-refractivity contribution >= 4 is 53.8 Å². The van der Waals surface area contributed by atoms with Crippen LogP contribution in [-0.2, 0) is 34.8 Å². The predicted molar refractivity (Wildman–Crippen MR) is 169 cm³/mol. The number of hydrogen-bond donors (Lipinski definition) is 0. The molecular weight excluding hydrogens is 573 g/mol. The van der Waals surface area contributed by atoms with Gasteiger partial charge in [0, 0.05) is 50.7 Å². The Labute approximate surface area is 238 Å². The van der Waals surface area contributed by atoms with Gasteiger partial charge in [-0.2, -0.15) is 0 Å². The van der Waals surface area contributed by atoms with Crippen LogP contribution in [0.2, 0.25) is 64.5 Å². The highest BCUT2D eigenvalue weighted by Gasteiger charge is 2.43. The van der Waals surface area contributed by atoms with E-state index in [0.29, 0.717) is 26.4 Å². The van der Waals surface area contributed by atoms with Gasteiger partial charge in [0.25, 0.3) is 0 Å². The molecule has 0 heterocycles. The maximum Gasteiger partial charge on any atom is 0.479 e. The van der Waals surface area contributed by atoms with Crippen LogP contribution < -0.4 is 0 Å². The summed E-state index contributed by atoms with van der Waals surface area (Å²) in [6.07, 6.45) is 2.87. The van der Waals surface area contributed by atoms with Gasteiger partial charge >= 0.3 is 17.6 Å². The summed E-state index contributed by atoms with van der Waals surface area (Å²) in [5.41, 5.74) is 0. The van der Waals surface area contributed by atoms with E-state index in [4.69, 9.17) is 34.8 Å². The largest absolute Gasteiger partial charge is 0.479 e. The Balaban J connectivity index is 4.36. The molecule has 14 heteroatoms. The first-order valence-corrected chi connectivity index (χ1v) is 29.4. The highest BCUT2D eigenvalue weighted by molar-refractivity contribution is 6.76. The average Bonchev–Trinajstić information content (AvgIpc) is 2.68. The summed E-state index contributed by atoms with van der Waals surface area (Å²) >= 11 is 0. The van der Waals surface area contributed by atoms with Crippen LogP contribution in [0.15, 0.2) is 0 Å². The zero-order valence-electron chi connectivity index (χ0n) is 26.1. The van der Waals surface area contributed by atoms with Crippen molar-refractivity contribution in [1.82, 2.24) is 0 Å². The van der Waals surface area contributed by atoms with Crippen LogP contribution in [0.1, 0.15) is 47.0 Å². The van der Waals surface area contributed by atoms with Gasteiger partial charge in [0.05, 0.1) is 0 Å². The molecule has 0 aromatic heterocycles. The van der Waals surface area contributed by atoms with Crippen molar-refractivity contribution < 1.29 is 34.8 Å². The third kappa shape index (κ3) is 20.5. The molecule has 0 unspecified atom stereocenters. The molecule has 0 fully saturated rings. The molecule has 0 saturated heterocycles. The molecule has 0 radical (unpaired) electrons. The molecular formula is C23H60O8Si6. The summed E-state index contributed by atoms with van der Waals surface area (Å²) in [5, 5.41) is 0. The molecule has 0 aliphatic carbocycles. The van der Waals surface area contributed by atoms with Gasteiger partial charge in [-0.1, -0.05) is 0 Å². The van der Waals surface area contributed by atoms with Gasteiger partial charge < -0.3 is 34.8 Å². The Morgan fingerprint density at radius 2 is 0.730 bits per heavy atom. The maximum absolute atomic E-state index is 6.40. The van der Waals surface area contributed by atoms with E-state index >= 15 is 0 Å². The summed E-state index contributed by atoms with van der Waals surface area (Å²) in [5.74, 6) is 0. The van der Waals surface area contributed by atoms with Crippen molar-refractivity contribution in [3.8, 4) is 0 Å². The van der Waals surface area contributed by atoms with Crippen LogP contribution in [0.25, 0.3) is 0 Å². The summed E-state index contributed by atoms with van der Waals surface area (Å²) < 4.78 is 50.0. The van der Waals surface area contributed by atoms with Crippen molar-refractivity contribution in [2.24, 2.45) is 0 Å². The van der Waals surface area contributed by atoms with Crippen LogP contribution in [-0.4, -0.2) is 92.4 Å². The minimum Gasteiger partial charge on any atom is -0.419 e. The molecule has 0 rings (SSSR count). The molecule has 0 bridgehead atoms. The second-order valence-corrected chi connectivity index (χ2v) is 27.5. The normalized spacial score (nSPS) is 13.5. The van der Waals surface area contributed by atoms with Crippen LogP contribution in [0.5, 0.6) is 0 Å². The van der Waals surface area contributed by atoms with Crippen molar-refractivity contribution in [1.29, 1.82) is 0 Å². The molecule has 0 aliphatic rings. The summed E-state index contributed by atoms with van der Waals surface area (Å²) in [6, 6.07) is 1.65. The van der Waals surface area contributed by atoms with Gasteiger partial charge in [-0.15, -0.1) is 0 Å². The Hall–Kier alpha value is 0.981. The first kappa shape index (κ1) is 38.0. The summed E-state index contributed by atoms with van der Waals surface area (Å²) in [7, 11) is -10.3. The van der Waals surface area contributed by atoms with E-state index in [2.05, 4.69) is 80.1 Å². The van der Waals surface area contributed by atoms with Crippen LogP contribution >= 0.6 is 0 Å². The standard InChI is InChI=1S/C23H60O8Si6/c1-22(2)26-36(28-32(5)6,29-33(7)8)20-14-18-24-16-13-17-25-19-15-21-37(27-23(3)4,30-34(9)10)31-35(11)12/h22-23,32-35H,13-21H2,1-12H3. The van der Waals surface area contributed by atoms with Gasteiger partial charge in [0.2, 0.25) is 0 Å². The molecule has 0 spiro atoms. The summed E-state index contributed by atoms with van der Waals surface area (Å²) in [6.45, 7) is 28.5. The van der Waals surface area contributed by atoms with Crippen LogP contribution in [0.3, 0.4) is 0 Å². The minimum absolute atomic E-state index is 0.105. The predicted octanol–water partition coefficient (Wildman–Crippen LogP) is 4.92. The maximum atomic E-state index is 6.40. The average molecular weight is 633 g/mol. The number of hydrogen-bond acceptors (Lipinski definition) is 8. The van der Waals surface area contributed by atoms with Gasteiger partial charge in [-0.05, 0) is 99.3 Å².